The maximum atomic E-state index is 12.1. The molecule has 2 rings (SSSR count). The highest BCUT2D eigenvalue weighted by molar-refractivity contribution is 5.92. The van der Waals surface area contributed by atoms with Crippen LogP contribution in [0.2, 0.25) is 0 Å². The molecule has 0 atom stereocenters. The topological polar surface area (TPSA) is 26.3 Å². The van der Waals surface area contributed by atoms with Gasteiger partial charge in [0.05, 0.1) is 6.61 Å². The van der Waals surface area contributed by atoms with Gasteiger partial charge in [-0.3, -0.25) is 4.79 Å². The molecule has 0 heterocycles. The molecule has 0 fully saturated rings. The van der Waals surface area contributed by atoms with Gasteiger partial charge in [-0.25, -0.2) is 0 Å². The van der Waals surface area contributed by atoms with E-state index in [-0.39, 0.29) is 5.78 Å². The first kappa shape index (κ1) is 13.7. The zero-order chi connectivity index (χ0) is 14.0. The Bertz CT molecular complexity index is 547. The summed E-state index contributed by atoms with van der Waals surface area (Å²) in [5.74, 6) is 3.78. The van der Waals surface area contributed by atoms with Gasteiger partial charge in [0.25, 0.3) is 0 Å². The maximum absolute atomic E-state index is 12.1. The summed E-state index contributed by atoms with van der Waals surface area (Å²) in [7, 11) is 0. The number of Topliss-reactive ketones (excluding diaryl/α,β-unsaturated/α-hetero) is 1. The van der Waals surface area contributed by atoms with Crippen molar-refractivity contribution in [2.75, 3.05) is 6.61 Å². The summed E-state index contributed by atoms with van der Waals surface area (Å²) in [6, 6.07) is 3.88. The Morgan fingerprint density at radius 2 is 2.11 bits per heavy atom. The molecule has 0 spiro atoms. The van der Waals surface area contributed by atoms with Crippen molar-refractivity contribution >= 4 is 5.78 Å². The van der Waals surface area contributed by atoms with Crippen LogP contribution in [-0.2, 0) is 16.6 Å². The number of carbonyl (C=O) groups excluding carboxylic acids is 1. The lowest BCUT2D eigenvalue weighted by Gasteiger charge is -2.32. The highest BCUT2D eigenvalue weighted by Crippen LogP contribution is 2.39. The number of fused-ring (bicyclic) bond motifs is 1. The summed E-state index contributed by atoms with van der Waals surface area (Å²) < 4.78 is 5.82. The fraction of sp³-hybridized carbons (Fsp3) is 0.471. The summed E-state index contributed by atoms with van der Waals surface area (Å²) in [4.78, 5) is 12.1. The first-order valence-corrected chi connectivity index (χ1v) is 6.80. The quantitative estimate of drug-likeness (QED) is 0.776. The van der Waals surface area contributed by atoms with Crippen molar-refractivity contribution < 1.29 is 9.53 Å². The van der Waals surface area contributed by atoms with Crippen molar-refractivity contribution in [2.24, 2.45) is 0 Å². The third kappa shape index (κ3) is 2.38. The Morgan fingerprint density at radius 3 is 2.74 bits per heavy atom. The standard InChI is InChI=1S/C17H20O2/c1-5-9-19-15-11-12(6-2)10-14-13(15)7-8-16(18)17(14,3)4/h2,10-11H,5,7-9H2,1,3-4H3. The maximum Gasteiger partial charge on any atom is 0.143 e. The van der Waals surface area contributed by atoms with E-state index < -0.39 is 5.41 Å². The Hall–Kier alpha value is -1.75. The van der Waals surface area contributed by atoms with E-state index in [1.165, 1.54) is 0 Å². The van der Waals surface area contributed by atoms with E-state index in [0.29, 0.717) is 13.0 Å². The zero-order valence-electron chi connectivity index (χ0n) is 11.9. The largest absolute Gasteiger partial charge is 0.493 e. The molecule has 0 aliphatic heterocycles. The Morgan fingerprint density at radius 1 is 1.37 bits per heavy atom. The van der Waals surface area contributed by atoms with E-state index in [2.05, 4.69) is 12.8 Å². The summed E-state index contributed by atoms with van der Waals surface area (Å²) >= 11 is 0. The van der Waals surface area contributed by atoms with E-state index in [9.17, 15) is 4.79 Å². The first-order valence-electron chi connectivity index (χ1n) is 6.80. The number of ketones is 1. The van der Waals surface area contributed by atoms with Crippen LogP contribution >= 0.6 is 0 Å². The monoisotopic (exact) mass is 256 g/mol. The van der Waals surface area contributed by atoms with Crippen molar-refractivity contribution in [2.45, 2.75) is 45.4 Å². The minimum Gasteiger partial charge on any atom is -0.493 e. The van der Waals surface area contributed by atoms with Crippen LogP contribution in [0, 0.1) is 12.3 Å². The third-order valence-corrected chi connectivity index (χ3v) is 3.81. The molecule has 0 unspecified atom stereocenters. The highest BCUT2D eigenvalue weighted by atomic mass is 16.5. The summed E-state index contributed by atoms with van der Waals surface area (Å²) in [6.45, 7) is 6.69. The van der Waals surface area contributed by atoms with Crippen molar-refractivity contribution in [3.05, 3.63) is 28.8 Å². The number of benzene rings is 1. The van der Waals surface area contributed by atoms with Crippen molar-refractivity contribution in [3.63, 3.8) is 0 Å². The molecule has 0 amide bonds. The molecule has 19 heavy (non-hydrogen) atoms. The van der Waals surface area contributed by atoms with Gasteiger partial charge < -0.3 is 4.74 Å². The molecule has 0 radical (unpaired) electrons. The second-order valence-corrected chi connectivity index (χ2v) is 5.54. The lowest BCUT2D eigenvalue weighted by molar-refractivity contribution is -0.124. The summed E-state index contributed by atoms with van der Waals surface area (Å²) in [6.07, 6.45) is 7.80. The van der Waals surface area contributed by atoms with Crippen molar-refractivity contribution in [3.8, 4) is 18.1 Å². The van der Waals surface area contributed by atoms with Gasteiger partial charge in [-0.2, -0.15) is 0 Å². The lowest BCUT2D eigenvalue weighted by Crippen LogP contribution is -2.34. The SMILES string of the molecule is C#Cc1cc(OCCC)c2c(c1)C(C)(C)C(=O)CC2. The van der Waals surface area contributed by atoms with Crippen LogP contribution < -0.4 is 4.74 Å². The van der Waals surface area contributed by atoms with E-state index in [1.807, 2.05) is 26.0 Å². The molecule has 2 heteroatoms. The molecular formula is C17H20O2. The number of carbonyl (C=O) groups is 1. The highest BCUT2D eigenvalue weighted by Gasteiger charge is 2.36. The number of hydrogen-bond donors (Lipinski definition) is 0. The Balaban J connectivity index is 2.57. The minimum atomic E-state index is -0.467. The van der Waals surface area contributed by atoms with Gasteiger partial charge in [-0.15, -0.1) is 6.42 Å². The second kappa shape index (κ2) is 5.09. The number of ether oxygens (including phenoxy) is 1. The van der Waals surface area contributed by atoms with Crippen LogP contribution in [0.25, 0.3) is 0 Å². The molecule has 0 aromatic heterocycles. The predicted molar refractivity (Wildman–Crippen MR) is 76.5 cm³/mol. The van der Waals surface area contributed by atoms with Crippen LogP contribution in [0.5, 0.6) is 5.75 Å². The van der Waals surface area contributed by atoms with Gasteiger partial charge in [0.1, 0.15) is 11.5 Å². The van der Waals surface area contributed by atoms with Crippen LogP contribution in [0.15, 0.2) is 12.1 Å². The minimum absolute atomic E-state index is 0.274. The van der Waals surface area contributed by atoms with E-state index >= 15 is 0 Å². The Kier molecular flexibility index (Phi) is 3.66. The lowest BCUT2D eigenvalue weighted by atomic mass is 9.71. The van der Waals surface area contributed by atoms with Crippen molar-refractivity contribution in [1.82, 2.24) is 0 Å². The smallest absolute Gasteiger partial charge is 0.143 e. The molecule has 1 aromatic carbocycles. The van der Waals surface area contributed by atoms with Gasteiger partial charge in [0.2, 0.25) is 0 Å². The van der Waals surface area contributed by atoms with Crippen molar-refractivity contribution in [1.29, 1.82) is 0 Å². The second-order valence-electron chi connectivity index (χ2n) is 5.54. The van der Waals surface area contributed by atoms with Gasteiger partial charge in [-0.05, 0) is 49.9 Å². The molecule has 0 N–H and O–H groups in total. The van der Waals surface area contributed by atoms with Gasteiger partial charge >= 0.3 is 0 Å². The fourth-order valence-corrected chi connectivity index (χ4v) is 2.59. The van der Waals surface area contributed by atoms with E-state index in [4.69, 9.17) is 11.2 Å². The summed E-state index contributed by atoms with van der Waals surface area (Å²) in [5.41, 5.74) is 2.50. The fourth-order valence-electron chi connectivity index (χ4n) is 2.59. The molecular weight excluding hydrogens is 236 g/mol. The molecule has 100 valence electrons. The Labute approximate surface area is 115 Å². The van der Waals surface area contributed by atoms with E-state index in [0.717, 1.165) is 35.3 Å². The molecule has 0 saturated heterocycles. The van der Waals surface area contributed by atoms with Crippen LogP contribution in [-0.4, -0.2) is 12.4 Å². The number of terminal acetylenes is 1. The molecule has 0 bridgehead atoms. The average molecular weight is 256 g/mol. The normalized spacial score (nSPS) is 16.6. The average Bonchev–Trinajstić information content (AvgIpc) is 2.40. The van der Waals surface area contributed by atoms with Crippen LogP contribution in [0.4, 0.5) is 0 Å². The molecule has 1 aliphatic carbocycles. The molecule has 1 aromatic rings. The third-order valence-electron chi connectivity index (χ3n) is 3.81. The number of rotatable bonds is 3. The molecule has 1 aliphatic rings. The van der Waals surface area contributed by atoms with Gasteiger partial charge in [0, 0.05) is 17.4 Å². The summed E-state index contributed by atoms with van der Waals surface area (Å²) in [5, 5.41) is 0. The van der Waals surface area contributed by atoms with E-state index in [1.54, 1.807) is 0 Å². The van der Waals surface area contributed by atoms with Gasteiger partial charge in [0.15, 0.2) is 0 Å². The first-order chi connectivity index (χ1) is 9.00. The molecule has 2 nitrogen and oxygen atoms in total. The van der Waals surface area contributed by atoms with Gasteiger partial charge in [-0.1, -0.05) is 12.8 Å². The molecule has 0 saturated carbocycles. The van der Waals surface area contributed by atoms with Crippen LogP contribution in [0.3, 0.4) is 0 Å². The van der Waals surface area contributed by atoms with Crippen LogP contribution in [0.1, 0.15) is 50.3 Å². The predicted octanol–water partition coefficient (Wildman–Crippen LogP) is 3.25. The zero-order valence-corrected chi connectivity index (χ0v) is 11.9. The number of hydrogen-bond acceptors (Lipinski definition) is 2.